The molecule has 2 aromatic rings. The highest BCUT2D eigenvalue weighted by Gasteiger charge is 2.08. The van der Waals surface area contributed by atoms with E-state index in [-0.39, 0.29) is 0 Å². The standard InChI is InChI=1S/C14H19N3O/c1-4-15-13-8-12(7-10(2)3)16-14(17-13)11-5-6-18-9-11/h5-6,8-10H,4,7H2,1-3H3,(H,15,16,17). The monoisotopic (exact) mass is 245 g/mol. The molecule has 18 heavy (non-hydrogen) atoms. The van der Waals surface area contributed by atoms with Gasteiger partial charge in [-0.05, 0) is 25.3 Å². The molecule has 2 rings (SSSR count). The second kappa shape index (κ2) is 5.67. The number of hydrogen-bond donors (Lipinski definition) is 1. The molecule has 0 aromatic carbocycles. The molecule has 0 aliphatic rings. The van der Waals surface area contributed by atoms with Crippen molar-refractivity contribution < 1.29 is 4.42 Å². The quantitative estimate of drug-likeness (QED) is 0.877. The lowest BCUT2D eigenvalue weighted by molar-refractivity contribution is 0.568. The Morgan fingerprint density at radius 2 is 2.17 bits per heavy atom. The van der Waals surface area contributed by atoms with Crippen molar-refractivity contribution in [3.8, 4) is 11.4 Å². The Morgan fingerprint density at radius 3 is 2.78 bits per heavy atom. The summed E-state index contributed by atoms with van der Waals surface area (Å²) >= 11 is 0. The zero-order valence-electron chi connectivity index (χ0n) is 11.1. The first-order chi connectivity index (χ1) is 8.69. The summed E-state index contributed by atoms with van der Waals surface area (Å²) in [5.74, 6) is 2.17. The molecule has 0 aliphatic heterocycles. The summed E-state index contributed by atoms with van der Waals surface area (Å²) in [7, 11) is 0. The van der Waals surface area contributed by atoms with E-state index in [4.69, 9.17) is 4.42 Å². The van der Waals surface area contributed by atoms with Crippen LogP contribution in [0, 0.1) is 5.92 Å². The minimum absolute atomic E-state index is 0.576. The summed E-state index contributed by atoms with van der Waals surface area (Å²) in [6, 6.07) is 3.90. The van der Waals surface area contributed by atoms with Crippen LogP contribution >= 0.6 is 0 Å². The smallest absolute Gasteiger partial charge is 0.164 e. The Kier molecular flexibility index (Phi) is 3.97. The normalized spacial score (nSPS) is 10.9. The predicted molar refractivity (Wildman–Crippen MR) is 72.4 cm³/mol. The molecule has 0 bridgehead atoms. The summed E-state index contributed by atoms with van der Waals surface area (Å²) in [6.07, 6.45) is 4.26. The maximum atomic E-state index is 5.09. The number of hydrogen-bond acceptors (Lipinski definition) is 4. The maximum absolute atomic E-state index is 5.09. The molecular formula is C14H19N3O. The van der Waals surface area contributed by atoms with Crippen molar-refractivity contribution in [2.24, 2.45) is 5.92 Å². The zero-order chi connectivity index (χ0) is 13.0. The number of furan rings is 1. The van der Waals surface area contributed by atoms with Gasteiger partial charge in [0.25, 0.3) is 0 Å². The van der Waals surface area contributed by atoms with E-state index < -0.39 is 0 Å². The van der Waals surface area contributed by atoms with Gasteiger partial charge in [0, 0.05) is 18.3 Å². The van der Waals surface area contributed by atoms with E-state index in [1.54, 1.807) is 12.5 Å². The molecule has 0 radical (unpaired) electrons. The molecular weight excluding hydrogens is 226 g/mol. The van der Waals surface area contributed by atoms with Crippen LogP contribution in [0.1, 0.15) is 26.5 Å². The number of nitrogens with zero attached hydrogens (tertiary/aromatic N) is 2. The minimum atomic E-state index is 0.576. The predicted octanol–water partition coefficient (Wildman–Crippen LogP) is 3.37. The fourth-order valence-corrected chi connectivity index (χ4v) is 1.81. The van der Waals surface area contributed by atoms with Gasteiger partial charge in [-0.25, -0.2) is 9.97 Å². The lowest BCUT2D eigenvalue weighted by Crippen LogP contribution is -2.05. The van der Waals surface area contributed by atoms with Gasteiger partial charge in [-0.2, -0.15) is 0 Å². The van der Waals surface area contributed by atoms with Crippen molar-refractivity contribution in [3.05, 3.63) is 30.4 Å². The van der Waals surface area contributed by atoms with Crippen LogP contribution in [0.3, 0.4) is 0 Å². The third-order valence-corrected chi connectivity index (χ3v) is 2.53. The van der Waals surface area contributed by atoms with E-state index in [0.29, 0.717) is 5.92 Å². The Hall–Kier alpha value is -1.84. The molecule has 2 heterocycles. The Labute approximate surface area is 107 Å². The summed E-state index contributed by atoms with van der Waals surface area (Å²) in [5.41, 5.74) is 1.98. The molecule has 0 saturated heterocycles. The number of rotatable bonds is 5. The lowest BCUT2D eigenvalue weighted by atomic mass is 10.1. The largest absolute Gasteiger partial charge is 0.472 e. The van der Waals surface area contributed by atoms with Gasteiger partial charge in [0.15, 0.2) is 5.82 Å². The first kappa shape index (κ1) is 12.6. The van der Waals surface area contributed by atoms with Gasteiger partial charge in [-0.1, -0.05) is 13.8 Å². The SMILES string of the molecule is CCNc1cc(CC(C)C)nc(-c2ccoc2)n1. The molecule has 1 N–H and O–H groups in total. The van der Waals surface area contributed by atoms with Gasteiger partial charge in [0.05, 0.1) is 11.8 Å². The van der Waals surface area contributed by atoms with Gasteiger partial charge in [0.1, 0.15) is 12.1 Å². The van der Waals surface area contributed by atoms with Crippen LogP contribution in [0.2, 0.25) is 0 Å². The van der Waals surface area contributed by atoms with E-state index in [1.807, 2.05) is 12.1 Å². The van der Waals surface area contributed by atoms with E-state index in [1.165, 1.54) is 0 Å². The summed E-state index contributed by atoms with van der Waals surface area (Å²) < 4.78 is 5.09. The summed E-state index contributed by atoms with van der Waals surface area (Å²) in [4.78, 5) is 9.08. The molecule has 96 valence electrons. The molecule has 0 atom stereocenters. The third-order valence-electron chi connectivity index (χ3n) is 2.53. The van der Waals surface area contributed by atoms with Crippen LogP contribution in [-0.4, -0.2) is 16.5 Å². The molecule has 4 heteroatoms. The minimum Gasteiger partial charge on any atom is -0.472 e. The second-order valence-electron chi connectivity index (χ2n) is 4.71. The van der Waals surface area contributed by atoms with E-state index >= 15 is 0 Å². The van der Waals surface area contributed by atoms with Crippen molar-refractivity contribution in [1.29, 1.82) is 0 Å². The molecule has 0 saturated carbocycles. The van der Waals surface area contributed by atoms with Gasteiger partial charge < -0.3 is 9.73 Å². The number of anilines is 1. The van der Waals surface area contributed by atoms with Crippen LogP contribution < -0.4 is 5.32 Å². The summed E-state index contributed by atoms with van der Waals surface area (Å²) in [5, 5.41) is 3.24. The first-order valence-electron chi connectivity index (χ1n) is 6.33. The molecule has 0 spiro atoms. The van der Waals surface area contributed by atoms with Gasteiger partial charge >= 0.3 is 0 Å². The highest BCUT2D eigenvalue weighted by molar-refractivity contribution is 5.55. The highest BCUT2D eigenvalue weighted by atomic mass is 16.3. The lowest BCUT2D eigenvalue weighted by Gasteiger charge is -2.09. The summed E-state index contributed by atoms with van der Waals surface area (Å²) in [6.45, 7) is 7.28. The topological polar surface area (TPSA) is 51.0 Å². The zero-order valence-corrected chi connectivity index (χ0v) is 11.1. The van der Waals surface area contributed by atoms with E-state index in [2.05, 4.69) is 36.1 Å². The van der Waals surface area contributed by atoms with Crippen LogP contribution in [-0.2, 0) is 6.42 Å². The third kappa shape index (κ3) is 3.09. The van der Waals surface area contributed by atoms with Gasteiger partial charge in [-0.15, -0.1) is 0 Å². The van der Waals surface area contributed by atoms with Crippen molar-refractivity contribution in [3.63, 3.8) is 0 Å². The Balaban J connectivity index is 2.36. The van der Waals surface area contributed by atoms with Crippen LogP contribution in [0.4, 0.5) is 5.82 Å². The molecule has 0 fully saturated rings. The van der Waals surface area contributed by atoms with Crippen molar-refractivity contribution in [2.75, 3.05) is 11.9 Å². The van der Waals surface area contributed by atoms with Crippen molar-refractivity contribution in [2.45, 2.75) is 27.2 Å². The van der Waals surface area contributed by atoms with Crippen molar-refractivity contribution in [1.82, 2.24) is 9.97 Å². The van der Waals surface area contributed by atoms with Gasteiger partial charge in [-0.3, -0.25) is 0 Å². The average molecular weight is 245 g/mol. The second-order valence-corrected chi connectivity index (χ2v) is 4.71. The molecule has 0 aliphatic carbocycles. The fraction of sp³-hybridized carbons (Fsp3) is 0.429. The number of aromatic nitrogens is 2. The molecule has 2 aromatic heterocycles. The molecule has 4 nitrogen and oxygen atoms in total. The fourth-order valence-electron chi connectivity index (χ4n) is 1.81. The van der Waals surface area contributed by atoms with E-state index in [9.17, 15) is 0 Å². The molecule has 0 amide bonds. The van der Waals surface area contributed by atoms with Gasteiger partial charge in [0.2, 0.25) is 0 Å². The first-order valence-corrected chi connectivity index (χ1v) is 6.33. The Bertz CT molecular complexity index is 492. The molecule has 0 unspecified atom stereocenters. The maximum Gasteiger partial charge on any atom is 0.164 e. The van der Waals surface area contributed by atoms with Crippen molar-refractivity contribution >= 4 is 5.82 Å². The average Bonchev–Trinajstić information content (AvgIpc) is 2.81. The Morgan fingerprint density at radius 1 is 1.33 bits per heavy atom. The highest BCUT2D eigenvalue weighted by Crippen LogP contribution is 2.19. The van der Waals surface area contributed by atoms with Crippen LogP contribution in [0.25, 0.3) is 11.4 Å². The van der Waals surface area contributed by atoms with Crippen LogP contribution in [0.15, 0.2) is 29.1 Å². The van der Waals surface area contributed by atoms with Crippen LogP contribution in [0.5, 0.6) is 0 Å². The van der Waals surface area contributed by atoms with E-state index in [0.717, 1.165) is 35.9 Å². The number of nitrogens with one attached hydrogen (secondary N) is 1.